The van der Waals surface area contributed by atoms with Gasteiger partial charge >= 0.3 is 0 Å². The quantitative estimate of drug-likeness (QED) is 0.843. The van der Waals surface area contributed by atoms with Crippen LogP contribution in [0.2, 0.25) is 0 Å². The smallest absolute Gasteiger partial charge is 0.208 e. The van der Waals surface area contributed by atoms with Crippen LogP contribution in [-0.2, 0) is 19.4 Å². The summed E-state index contributed by atoms with van der Waals surface area (Å²) < 4.78 is 10.9. The minimum Gasteiger partial charge on any atom is -0.496 e. The van der Waals surface area contributed by atoms with Gasteiger partial charge in [-0.2, -0.15) is 0 Å². The lowest BCUT2D eigenvalue weighted by Crippen LogP contribution is -2.27. The van der Waals surface area contributed by atoms with Gasteiger partial charge in [-0.15, -0.1) is 0 Å². The monoisotopic (exact) mass is 274 g/mol. The summed E-state index contributed by atoms with van der Waals surface area (Å²) in [5.74, 6) is 2.61. The van der Waals surface area contributed by atoms with Crippen LogP contribution in [0.3, 0.4) is 0 Å². The summed E-state index contributed by atoms with van der Waals surface area (Å²) in [6.45, 7) is 4.86. The Morgan fingerprint density at radius 2 is 2.15 bits per heavy atom. The number of aromatic nitrogens is 1. The number of hydrogen-bond acceptors (Lipinski definition) is 4. The van der Waals surface area contributed by atoms with Gasteiger partial charge in [-0.05, 0) is 25.0 Å². The molecule has 0 fully saturated rings. The number of nitrogens with zero attached hydrogens (tertiary/aromatic N) is 1. The van der Waals surface area contributed by atoms with Crippen LogP contribution in [0.4, 0.5) is 0 Å². The van der Waals surface area contributed by atoms with Crippen LogP contribution in [0.15, 0.2) is 34.9 Å². The molecule has 0 amide bonds. The third kappa shape index (κ3) is 3.84. The van der Waals surface area contributed by atoms with Crippen molar-refractivity contribution >= 4 is 0 Å². The minimum atomic E-state index is 0.322. The van der Waals surface area contributed by atoms with Crippen LogP contribution >= 0.6 is 0 Å². The Morgan fingerprint density at radius 3 is 2.85 bits per heavy atom. The predicted molar refractivity (Wildman–Crippen MR) is 78.9 cm³/mol. The second-order valence-corrected chi connectivity index (χ2v) is 4.87. The van der Waals surface area contributed by atoms with E-state index in [2.05, 4.69) is 30.2 Å². The van der Waals surface area contributed by atoms with E-state index in [4.69, 9.17) is 9.15 Å². The molecular formula is C16H22N2O2. The second-order valence-electron chi connectivity index (χ2n) is 4.87. The molecule has 1 N–H and O–H groups in total. The fourth-order valence-electron chi connectivity index (χ4n) is 2.13. The maximum Gasteiger partial charge on any atom is 0.208 e. The van der Waals surface area contributed by atoms with Crippen molar-refractivity contribution in [1.29, 1.82) is 0 Å². The topological polar surface area (TPSA) is 47.3 Å². The summed E-state index contributed by atoms with van der Waals surface area (Å²) in [6.07, 6.45) is 3.58. The zero-order valence-corrected chi connectivity index (χ0v) is 12.3. The van der Waals surface area contributed by atoms with E-state index in [1.54, 1.807) is 13.3 Å². The Bertz CT molecular complexity index is 537. The standard InChI is InChI=1S/C16H22N2O2/c1-4-14-10-18-16(20-14)11-17-12(2)9-13-7-5-6-8-15(13)19-3/h5-8,10,12,17H,4,9,11H2,1-3H3. The summed E-state index contributed by atoms with van der Waals surface area (Å²) in [5, 5.41) is 3.42. The van der Waals surface area contributed by atoms with Crippen molar-refractivity contribution in [3.8, 4) is 5.75 Å². The molecule has 0 radical (unpaired) electrons. The SMILES string of the molecule is CCc1cnc(CNC(C)Cc2ccccc2OC)o1. The van der Waals surface area contributed by atoms with Crippen molar-refractivity contribution in [1.82, 2.24) is 10.3 Å². The van der Waals surface area contributed by atoms with Crippen LogP contribution in [0, 0.1) is 0 Å². The predicted octanol–water partition coefficient (Wildman–Crippen LogP) is 2.97. The number of hydrogen-bond donors (Lipinski definition) is 1. The van der Waals surface area contributed by atoms with Crippen LogP contribution in [0.5, 0.6) is 5.75 Å². The fourth-order valence-corrected chi connectivity index (χ4v) is 2.13. The number of oxazole rings is 1. The Balaban J connectivity index is 1.87. The molecule has 2 rings (SSSR count). The molecule has 2 aromatic rings. The van der Waals surface area contributed by atoms with E-state index in [1.165, 1.54) is 5.56 Å². The van der Waals surface area contributed by atoms with Gasteiger partial charge in [0.1, 0.15) is 11.5 Å². The lowest BCUT2D eigenvalue weighted by Gasteiger charge is -2.14. The van der Waals surface area contributed by atoms with Gasteiger partial charge in [-0.1, -0.05) is 25.1 Å². The zero-order valence-electron chi connectivity index (χ0n) is 12.3. The van der Waals surface area contributed by atoms with Gasteiger partial charge in [0.15, 0.2) is 0 Å². The Hall–Kier alpha value is -1.81. The number of para-hydroxylation sites is 1. The first kappa shape index (κ1) is 14.6. The molecule has 20 heavy (non-hydrogen) atoms. The lowest BCUT2D eigenvalue weighted by atomic mass is 10.1. The van der Waals surface area contributed by atoms with E-state index in [0.29, 0.717) is 12.6 Å². The Morgan fingerprint density at radius 1 is 1.35 bits per heavy atom. The molecule has 0 bridgehead atoms. The highest BCUT2D eigenvalue weighted by Gasteiger charge is 2.09. The van der Waals surface area contributed by atoms with Gasteiger partial charge in [0, 0.05) is 12.5 Å². The lowest BCUT2D eigenvalue weighted by molar-refractivity contribution is 0.400. The molecule has 0 spiro atoms. The van der Waals surface area contributed by atoms with Crippen molar-refractivity contribution in [3.05, 3.63) is 47.7 Å². The van der Waals surface area contributed by atoms with E-state index in [1.807, 2.05) is 18.2 Å². The van der Waals surface area contributed by atoms with Crippen LogP contribution in [0.1, 0.15) is 31.1 Å². The molecule has 1 unspecified atom stereocenters. The summed E-state index contributed by atoms with van der Waals surface area (Å²) in [4.78, 5) is 4.25. The molecule has 1 heterocycles. The maximum atomic E-state index is 5.58. The van der Waals surface area contributed by atoms with E-state index in [-0.39, 0.29) is 0 Å². The Labute approximate surface area is 120 Å². The molecule has 0 saturated carbocycles. The van der Waals surface area contributed by atoms with Gasteiger partial charge in [0.25, 0.3) is 0 Å². The number of ether oxygens (including phenoxy) is 1. The first-order valence-corrected chi connectivity index (χ1v) is 7.01. The average Bonchev–Trinajstić information content (AvgIpc) is 2.94. The first-order valence-electron chi connectivity index (χ1n) is 7.01. The molecule has 0 aliphatic heterocycles. The van der Waals surface area contributed by atoms with Gasteiger partial charge in [0.05, 0.1) is 19.9 Å². The minimum absolute atomic E-state index is 0.322. The molecule has 4 nitrogen and oxygen atoms in total. The summed E-state index contributed by atoms with van der Waals surface area (Å²) in [6, 6.07) is 8.43. The second kappa shape index (κ2) is 7.10. The third-order valence-electron chi connectivity index (χ3n) is 3.27. The number of aryl methyl sites for hydroxylation is 1. The van der Waals surface area contributed by atoms with Gasteiger partial charge < -0.3 is 14.5 Å². The van der Waals surface area contributed by atoms with E-state index < -0.39 is 0 Å². The van der Waals surface area contributed by atoms with Crippen LogP contribution in [0.25, 0.3) is 0 Å². The molecule has 1 aromatic heterocycles. The van der Waals surface area contributed by atoms with Crippen LogP contribution in [-0.4, -0.2) is 18.1 Å². The normalized spacial score (nSPS) is 12.3. The maximum absolute atomic E-state index is 5.58. The van der Waals surface area contributed by atoms with Gasteiger partial charge in [0.2, 0.25) is 5.89 Å². The molecule has 108 valence electrons. The zero-order chi connectivity index (χ0) is 14.4. The van der Waals surface area contributed by atoms with Crippen molar-refractivity contribution < 1.29 is 9.15 Å². The summed E-state index contributed by atoms with van der Waals surface area (Å²) in [5.41, 5.74) is 1.21. The molecule has 0 aliphatic carbocycles. The molecule has 4 heteroatoms. The van der Waals surface area contributed by atoms with Crippen molar-refractivity contribution in [2.45, 2.75) is 39.3 Å². The van der Waals surface area contributed by atoms with Crippen molar-refractivity contribution in [2.24, 2.45) is 0 Å². The van der Waals surface area contributed by atoms with Crippen molar-refractivity contribution in [2.75, 3.05) is 7.11 Å². The number of benzene rings is 1. The molecule has 0 aliphatic rings. The number of methoxy groups -OCH3 is 1. The molecular weight excluding hydrogens is 252 g/mol. The van der Waals surface area contributed by atoms with Crippen molar-refractivity contribution in [3.63, 3.8) is 0 Å². The summed E-state index contributed by atoms with van der Waals surface area (Å²) >= 11 is 0. The van der Waals surface area contributed by atoms with Gasteiger partial charge in [-0.25, -0.2) is 4.98 Å². The number of nitrogens with one attached hydrogen (secondary N) is 1. The molecule has 0 saturated heterocycles. The highest BCUT2D eigenvalue weighted by Crippen LogP contribution is 2.18. The van der Waals surface area contributed by atoms with E-state index in [9.17, 15) is 0 Å². The first-order chi connectivity index (χ1) is 9.72. The van der Waals surface area contributed by atoms with E-state index in [0.717, 1.165) is 30.2 Å². The molecule has 1 aromatic carbocycles. The average molecular weight is 274 g/mol. The highest BCUT2D eigenvalue weighted by molar-refractivity contribution is 5.33. The third-order valence-corrected chi connectivity index (χ3v) is 3.27. The van der Waals surface area contributed by atoms with Gasteiger partial charge in [-0.3, -0.25) is 0 Å². The Kier molecular flexibility index (Phi) is 5.18. The highest BCUT2D eigenvalue weighted by atomic mass is 16.5. The summed E-state index contributed by atoms with van der Waals surface area (Å²) in [7, 11) is 1.70. The van der Waals surface area contributed by atoms with Crippen LogP contribution < -0.4 is 10.1 Å². The largest absolute Gasteiger partial charge is 0.496 e. The molecule has 1 atom stereocenters. The van der Waals surface area contributed by atoms with E-state index >= 15 is 0 Å². The number of rotatable bonds is 7. The fraction of sp³-hybridized carbons (Fsp3) is 0.438.